The zero-order valence-corrected chi connectivity index (χ0v) is 7.94. The van der Waals surface area contributed by atoms with Gasteiger partial charge in [0.05, 0.1) is 12.2 Å². The van der Waals surface area contributed by atoms with Crippen LogP contribution in [0, 0.1) is 5.82 Å². The van der Waals surface area contributed by atoms with Gasteiger partial charge in [0.25, 0.3) is 0 Å². The Bertz CT molecular complexity index is 351. The van der Waals surface area contributed by atoms with Crippen molar-refractivity contribution in [2.45, 2.75) is 6.42 Å². The fourth-order valence-corrected chi connectivity index (χ4v) is 1.01. The van der Waals surface area contributed by atoms with Gasteiger partial charge in [0.1, 0.15) is 11.6 Å². The number of aromatic carboxylic acids is 1. The summed E-state index contributed by atoms with van der Waals surface area (Å²) in [7, 11) is 0. The first-order chi connectivity index (χ1) is 7.15. The summed E-state index contributed by atoms with van der Waals surface area (Å²) in [5, 5.41) is 17.0. The van der Waals surface area contributed by atoms with Gasteiger partial charge in [-0.05, 0) is 12.1 Å². The lowest BCUT2D eigenvalue weighted by Crippen LogP contribution is -2.03. The van der Waals surface area contributed by atoms with E-state index in [4.69, 9.17) is 14.9 Å². The summed E-state index contributed by atoms with van der Waals surface area (Å²) in [6.07, 6.45) is 0.447. The van der Waals surface area contributed by atoms with E-state index in [1.807, 2.05) is 0 Å². The van der Waals surface area contributed by atoms with Gasteiger partial charge in [-0.3, -0.25) is 0 Å². The van der Waals surface area contributed by atoms with Gasteiger partial charge in [-0.2, -0.15) is 0 Å². The van der Waals surface area contributed by atoms with Crippen LogP contribution in [-0.2, 0) is 0 Å². The molecule has 0 saturated carbocycles. The zero-order chi connectivity index (χ0) is 11.3. The topological polar surface area (TPSA) is 66.8 Å². The molecule has 1 rings (SSSR count). The number of carboxylic acids is 1. The van der Waals surface area contributed by atoms with E-state index in [1.54, 1.807) is 0 Å². The Morgan fingerprint density at radius 2 is 2.20 bits per heavy atom. The standard InChI is InChI=1S/C10H11FO4/c11-9-6-7(15-5-1-4-12)2-3-8(9)10(13)14/h2-3,6,12H,1,4-5H2,(H,13,14). The summed E-state index contributed by atoms with van der Waals surface area (Å²) < 4.78 is 18.2. The minimum absolute atomic E-state index is 0.00427. The molecular weight excluding hydrogens is 203 g/mol. The second-order valence-electron chi connectivity index (χ2n) is 2.87. The summed E-state index contributed by atoms with van der Waals surface area (Å²) in [5.41, 5.74) is -0.385. The molecule has 1 aromatic rings. The van der Waals surface area contributed by atoms with Crippen LogP contribution in [0.1, 0.15) is 16.8 Å². The van der Waals surface area contributed by atoms with Gasteiger partial charge in [0.15, 0.2) is 0 Å². The van der Waals surface area contributed by atoms with Crippen molar-refractivity contribution >= 4 is 5.97 Å². The summed E-state index contributed by atoms with van der Waals surface area (Å²) >= 11 is 0. The first-order valence-electron chi connectivity index (χ1n) is 4.41. The van der Waals surface area contributed by atoms with Gasteiger partial charge in [0, 0.05) is 19.1 Å². The third-order valence-electron chi connectivity index (χ3n) is 1.74. The smallest absolute Gasteiger partial charge is 0.338 e. The van der Waals surface area contributed by atoms with Gasteiger partial charge in [0.2, 0.25) is 0 Å². The number of halogens is 1. The van der Waals surface area contributed by atoms with Crippen molar-refractivity contribution in [2.24, 2.45) is 0 Å². The number of hydrogen-bond acceptors (Lipinski definition) is 3. The minimum atomic E-state index is -1.31. The molecule has 0 unspecified atom stereocenters. The number of rotatable bonds is 5. The maximum absolute atomic E-state index is 13.1. The molecule has 2 N–H and O–H groups in total. The number of aliphatic hydroxyl groups is 1. The van der Waals surface area contributed by atoms with Crippen molar-refractivity contribution < 1.29 is 24.1 Å². The lowest BCUT2D eigenvalue weighted by molar-refractivity contribution is 0.0692. The van der Waals surface area contributed by atoms with Gasteiger partial charge < -0.3 is 14.9 Å². The van der Waals surface area contributed by atoms with Crippen molar-refractivity contribution in [1.82, 2.24) is 0 Å². The molecule has 0 atom stereocenters. The van der Waals surface area contributed by atoms with Crippen LogP contribution in [0.5, 0.6) is 5.75 Å². The van der Waals surface area contributed by atoms with Crippen LogP contribution in [0.2, 0.25) is 0 Å². The molecule has 15 heavy (non-hydrogen) atoms. The molecule has 0 radical (unpaired) electrons. The quantitative estimate of drug-likeness (QED) is 0.724. The van der Waals surface area contributed by atoms with Gasteiger partial charge in [-0.15, -0.1) is 0 Å². The number of carboxylic acid groups (broad SMARTS) is 1. The zero-order valence-electron chi connectivity index (χ0n) is 7.94. The SMILES string of the molecule is O=C(O)c1ccc(OCCCO)cc1F. The minimum Gasteiger partial charge on any atom is -0.493 e. The van der Waals surface area contributed by atoms with Crippen LogP contribution < -0.4 is 4.74 Å². The predicted octanol–water partition coefficient (Wildman–Crippen LogP) is 1.29. The largest absolute Gasteiger partial charge is 0.493 e. The van der Waals surface area contributed by atoms with Crippen LogP contribution >= 0.6 is 0 Å². The molecule has 0 aliphatic carbocycles. The van der Waals surface area contributed by atoms with Crippen LogP contribution in [-0.4, -0.2) is 29.4 Å². The van der Waals surface area contributed by atoms with Crippen LogP contribution in [0.15, 0.2) is 18.2 Å². The van der Waals surface area contributed by atoms with Gasteiger partial charge in [-0.1, -0.05) is 0 Å². The monoisotopic (exact) mass is 214 g/mol. The predicted molar refractivity (Wildman–Crippen MR) is 50.6 cm³/mol. The Labute approximate surface area is 85.9 Å². The highest BCUT2D eigenvalue weighted by molar-refractivity contribution is 5.88. The summed E-state index contributed by atoms with van der Waals surface area (Å²) in [6, 6.07) is 3.54. The highest BCUT2D eigenvalue weighted by Crippen LogP contribution is 2.16. The molecule has 0 amide bonds. The van der Waals surface area contributed by atoms with Crippen LogP contribution in [0.3, 0.4) is 0 Å². The van der Waals surface area contributed by atoms with E-state index < -0.39 is 11.8 Å². The van der Waals surface area contributed by atoms with E-state index in [0.29, 0.717) is 6.42 Å². The van der Waals surface area contributed by atoms with Gasteiger partial charge >= 0.3 is 5.97 Å². The van der Waals surface area contributed by atoms with E-state index >= 15 is 0 Å². The van der Waals surface area contributed by atoms with Crippen molar-refractivity contribution in [3.63, 3.8) is 0 Å². The Morgan fingerprint density at radius 3 is 2.73 bits per heavy atom. The molecular formula is C10H11FO4. The maximum Gasteiger partial charge on any atom is 0.338 e. The Balaban J connectivity index is 2.69. The molecule has 0 aliphatic rings. The van der Waals surface area contributed by atoms with Crippen molar-refractivity contribution in [3.05, 3.63) is 29.6 Å². The molecule has 0 saturated heterocycles. The average Bonchev–Trinajstić information content (AvgIpc) is 2.17. The second-order valence-corrected chi connectivity index (χ2v) is 2.87. The first-order valence-corrected chi connectivity index (χ1v) is 4.41. The molecule has 0 aromatic heterocycles. The lowest BCUT2D eigenvalue weighted by atomic mass is 10.2. The fourth-order valence-electron chi connectivity index (χ4n) is 1.01. The highest BCUT2D eigenvalue weighted by atomic mass is 19.1. The molecule has 82 valence electrons. The van der Waals surface area contributed by atoms with E-state index in [-0.39, 0.29) is 24.5 Å². The molecule has 5 heteroatoms. The number of aliphatic hydroxyl groups excluding tert-OH is 1. The third kappa shape index (κ3) is 3.21. The molecule has 0 fully saturated rings. The molecule has 1 aromatic carbocycles. The van der Waals surface area contributed by atoms with E-state index in [1.165, 1.54) is 6.07 Å². The lowest BCUT2D eigenvalue weighted by Gasteiger charge is -2.05. The Morgan fingerprint density at radius 1 is 1.47 bits per heavy atom. The van der Waals surface area contributed by atoms with Gasteiger partial charge in [-0.25, -0.2) is 9.18 Å². The molecule has 4 nitrogen and oxygen atoms in total. The fraction of sp³-hybridized carbons (Fsp3) is 0.300. The highest BCUT2D eigenvalue weighted by Gasteiger charge is 2.10. The molecule has 0 aliphatic heterocycles. The third-order valence-corrected chi connectivity index (χ3v) is 1.74. The second kappa shape index (κ2) is 5.31. The normalized spacial score (nSPS) is 10.0. The van der Waals surface area contributed by atoms with Crippen molar-refractivity contribution in [2.75, 3.05) is 13.2 Å². The van der Waals surface area contributed by atoms with E-state index in [2.05, 4.69) is 0 Å². The molecule has 0 bridgehead atoms. The first kappa shape index (κ1) is 11.5. The Hall–Kier alpha value is -1.62. The molecule has 0 spiro atoms. The number of carbonyl (C=O) groups is 1. The Kier molecular flexibility index (Phi) is 4.05. The van der Waals surface area contributed by atoms with Crippen molar-refractivity contribution in [3.8, 4) is 5.75 Å². The van der Waals surface area contributed by atoms with Crippen molar-refractivity contribution in [1.29, 1.82) is 0 Å². The number of ether oxygens (including phenoxy) is 1. The number of benzene rings is 1. The summed E-state index contributed by atoms with van der Waals surface area (Å²) in [5.74, 6) is -1.88. The van der Waals surface area contributed by atoms with Crippen LogP contribution in [0.4, 0.5) is 4.39 Å². The molecule has 0 heterocycles. The van der Waals surface area contributed by atoms with E-state index in [0.717, 1.165) is 12.1 Å². The maximum atomic E-state index is 13.1. The van der Waals surface area contributed by atoms with Crippen LogP contribution in [0.25, 0.3) is 0 Å². The van der Waals surface area contributed by atoms with E-state index in [9.17, 15) is 9.18 Å². The number of hydrogen-bond donors (Lipinski definition) is 2. The average molecular weight is 214 g/mol. The summed E-state index contributed by atoms with van der Waals surface area (Å²) in [6.45, 7) is 0.262. The summed E-state index contributed by atoms with van der Waals surface area (Å²) in [4.78, 5) is 10.5.